The zero-order chi connectivity index (χ0) is 20.5. The van der Waals surface area contributed by atoms with Crippen LogP contribution < -0.4 is 5.32 Å². The van der Waals surface area contributed by atoms with Gasteiger partial charge in [0, 0.05) is 17.4 Å². The molecule has 2 N–H and O–H groups in total. The van der Waals surface area contributed by atoms with Gasteiger partial charge in [-0.1, -0.05) is 0 Å². The molecule has 0 aliphatic heterocycles. The largest absolute Gasteiger partial charge is 0.433 e. The molecule has 0 aliphatic rings. The molecule has 0 fully saturated rings. The number of benzene rings is 1. The fraction of sp³-hybridized carbons (Fsp3) is 0.263. The van der Waals surface area contributed by atoms with Crippen LogP contribution in [0.1, 0.15) is 30.8 Å². The van der Waals surface area contributed by atoms with Gasteiger partial charge >= 0.3 is 6.18 Å². The summed E-state index contributed by atoms with van der Waals surface area (Å²) >= 11 is 0. The molecular formula is C19H18F3N5O. The maximum atomic E-state index is 12.8. The number of aryl methyl sites for hydroxylation is 1. The molecule has 0 unspecified atom stereocenters. The minimum absolute atomic E-state index is 0.158. The molecular weight excluding hydrogens is 371 g/mol. The molecule has 9 heteroatoms. The average molecular weight is 389 g/mol. The van der Waals surface area contributed by atoms with E-state index in [1.54, 1.807) is 38.1 Å². The van der Waals surface area contributed by atoms with Crippen LogP contribution in [0, 0.1) is 6.92 Å². The van der Waals surface area contributed by atoms with E-state index in [0.29, 0.717) is 22.6 Å². The molecule has 0 amide bonds. The number of alkyl halides is 3. The predicted molar refractivity (Wildman–Crippen MR) is 97.8 cm³/mol. The van der Waals surface area contributed by atoms with Gasteiger partial charge in [0.15, 0.2) is 0 Å². The Morgan fingerprint density at radius 1 is 0.964 bits per heavy atom. The van der Waals surface area contributed by atoms with E-state index in [2.05, 4.69) is 25.5 Å². The molecule has 0 saturated heterocycles. The number of hydrogen-bond donors (Lipinski definition) is 2. The van der Waals surface area contributed by atoms with E-state index in [1.165, 1.54) is 0 Å². The van der Waals surface area contributed by atoms with Crippen LogP contribution in [0.4, 0.5) is 24.8 Å². The Bertz CT molecular complexity index is 982. The van der Waals surface area contributed by atoms with Crippen LogP contribution in [0.5, 0.6) is 0 Å². The highest BCUT2D eigenvalue weighted by molar-refractivity contribution is 5.68. The topological polar surface area (TPSA) is 83.8 Å². The normalized spacial score (nSPS) is 12.1. The second kappa shape index (κ2) is 7.16. The van der Waals surface area contributed by atoms with Crippen molar-refractivity contribution in [3.05, 3.63) is 59.5 Å². The third-order valence-corrected chi connectivity index (χ3v) is 3.87. The number of nitrogens with one attached hydrogen (secondary N) is 1. The predicted octanol–water partition coefficient (Wildman–Crippen LogP) is 4.23. The van der Waals surface area contributed by atoms with Gasteiger partial charge in [-0.25, -0.2) is 9.97 Å². The second-order valence-corrected chi connectivity index (χ2v) is 6.84. The van der Waals surface area contributed by atoms with E-state index < -0.39 is 17.5 Å². The maximum absolute atomic E-state index is 12.8. The molecule has 146 valence electrons. The highest BCUT2D eigenvalue weighted by atomic mass is 19.4. The maximum Gasteiger partial charge on any atom is 0.433 e. The lowest BCUT2D eigenvalue weighted by Crippen LogP contribution is -2.18. The van der Waals surface area contributed by atoms with Gasteiger partial charge in [-0.05, 0) is 62.7 Å². The minimum Gasteiger partial charge on any atom is -0.384 e. The Morgan fingerprint density at radius 3 is 2.32 bits per heavy atom. The van der Waals surface area contributed by atoms with Gasteiger partial charge in [0.05, 0.1) is 11.4 Å². The molecule has 3 aromatic rings. The number of aliphatic hydroxyl groups is 1. The third-order valence-electron chi connectivity index (χ3n) is 3.87. The van der Waals surface area contributed by atoms with Gasteiger partial charge < -0.3 is 10.4 Å². The number of nitrogens with zero attached hydrogens (tertiary/aromatic N) is 4. The van der Waals surface area contributed by atoms with Crippen molar-refractivity contribution in [1.82, 2.24) is 20.2 Å². The molecule has 2 heterocycles. The summed E-state index contributed by atoms with van der Waals surface area (Å²) in [6.45, 7) is 5.07. The number of rotatable bonds is 4. The molecule has 28 heavy (non-hydrogen) atoms. The number of halogens is 3. The van der Waals surface area contributed by atoms with Gasteiger partial charge in [0.1, 0.15) is 11.3 Å². The monoisotopic (exact) mass is 389 g/mol. The molecule has 0 aliphatic carbocycles. The van der Waals surface area contributed by atoms with E-state index >= 15 is 0 Å². The number of aromatic nitrogens is 4. The van der Waals surface area contributed by atoms with Gasteiger partial charge in [0.25, 0.3) is 0 Å². The summed E-state index contributed by atoms with van der Waals surface area (Å²) in [6.07, 6.45) is -3.50. The van der Waals surface area contributed by atoms with Crippen LogP contribution >= 0.6 is 0 Å². The van der Waals surface area contributed by atoms with Crippen molar-refractivity contribution in [3.8, 4) is 11.3 Å². The Morgan fingerprint density at radius 2 is 1.71 bits per heavy atom. The van der Waals surface area contributed by atoms with Crippen molar-refractivity contribution in [3.63, 3.8) is 0 Å². The van der Waals surface area contributed by atoms with Crippen LogP contribution in [0.15, 0.2) is 42.6 Å². The summed E-state index contributed by atoms with van der Waals surface area (Å²) < 4.78 is 38.5. The van der Waals surface area contributed by atoms with Gasteiger partial charge in [0.2, 0.25) is 5.95 Å². The summed E-state index contributed by atoms with van der Waals surface area (Å²) in [5, 5.41) is 20.9. The van der Waals surface area contributed by atoms with Gasteiger partial charge in [-0.3, -0.25) is 0 Å². The lowest BCUT2D eigenvalue weighted by Gasteiger charge is -2.15. The highest BCUT2D eigenvalue weighted by Crippen LogP contribution is 2.29. The summed E-state index contributed by atoms with van der Waals surface area (Å²) in [6, 6.07) is 9.54. The second-order valence-electron chi connectivity index (χ2n) is 6.84. The SMILES string of the molecule is Cc1cc(Nc2nccc(C(F)(F)F)n2)cc(-c2ccc(C(C)(C)O)nn2)c1. The lowest BCUT2D eigenvalue weighted by atomic mass is 10.0. The van der Waals surface area contributed by atoms with Gasteiger partial charge in [-0.15, -0.1) is 0 Å². The van der Waals surface area contributed by atoms with Crippen molar-refractivity contribution in [2.45, 2.75) is 32.5 Å². The third kappa shape index (κ3) is 4.61. The minimum atomic E-state index is -4.55. The van der Waals surface area contributed by atoms with E-state index in [9.17, 15) is 18.3 Å². The van der Waals surface area contributed by atoms with Crippen molar-refractivity contribution in [2.24, 2.45) is 0 Å². The Balaban J connectivity index is 1.90. The zero-order valence-corrected chi connectivity index (χ0v) is 15.4. The molecule has 1 aromatic carbocycles. The van der Waals surface area contributed by atoms with Crippen molar-refractivity contribution < 1.29 is 18.3 Å². The van der Waals surface area contributed by atoms with Crippen LogP contribution in [0.25, 0.3) is 11.3 Å². The number of anilines is 2. The van der Waals surface area contributed by atoms with Crippen LogP contribution in [0.3, 0.4) is 0 Å². The first-order valence-electron chi connectivity index (χ1n) is 8.38. The fourth-order valence-corrected chi connectivity index (χ4v) is 2.52. The van der Waals surface area contributed by atoms with Crippen molar-refractivity contribution in [1.29, 1.82) is 0 Å². The molecule has 0 bridgehead atoms. The standard InChI is InChI=1S/C19H18F3N5O/c1-11-8-12(14-4-5-15(27-26-14)18(2,3)28)10-13(9-11)24-17-23-7-6-16(25-17)19(20,21)22/h4-10,28H,1-3H3,(H,23,24,25). The van der Waals surface area contributed by atoms with E-state index in [-0.39, 0.29) is 5.95 Å². The Labute approximate surface area is 159 Å². The quantitative estimate of drug-likeness (QED) is 0.695. The van der Waals surface area contributed by atoms with E-state index in [1.807, 2.05) is 13.0 Å². The molecule has 0 atom stereocenters. The first kappa shape index (κ1) is 19.7. The fourth-order valence-electron chi connectivity index (χ4n) is 2.52. The molecule has 0 spiro atoms. The molecule has 2 aromatic heterocycles. The highest BCUT2D eigenvalue weighted by Gasteiger charge is 2.32. The average Bonchev–Trinajstić information content (AvgIpc) is 2.60. The van der Waals surface area contributed by atoms with Crippen molar-refractivity contribution in [2.75, 3.05) is 5.32 Å². The lowest BCUT2D eigenvalue weighted by molar-refractivity contribution is -0.141. The van der Waals surface area contributed by atoms with E-state index in [4.69, 9.17) is 0 Å². The first-order valence-corrected chi connectivity index (χ1v) is 8.38. The summed E-state index contributed by atoms with van der Waals surface area (Å²) in [7, 11) is 0. The van der Waals surface area contributed by atoms with Crippen LogP contribution in [0.2, 0.25) is 0 Å². The molecule has 6 nitrogen and oxygen atoms in total. The Hall–Kier alpha value is -3.07. The van der Waals surface area contributed by atoms with Crippen LogP contribution in [-0.4, -0.2) is 25.3 Å². The first-order chi connectivity index (χ1) is 13.0. The Kier molecular flexibility index (Phi) is 5.03. The molecule has 3 rings (SSSR count). The van der Waals surface area contributed by atoms with Gasteiger partial charge in [-0.2, -0.15) is 23.4 Å². The molecule has 0 radical (unpaired) electrons. The van der Waals surface area contributed by atoms with Crippen LogP contribution in [-0.2, 0) is 11.8 Å². The summed E-state index contributed by atoms with van der Waals surface area (Å²) in [5.74, 6) is -0.158. The smallest absolute Gasteiger partial charge is 0.384 e. The molecule has 0 saturated carbocycles. The summed E-state index contributed by atoms with van der Waals surface area (Å²) in [5.41, 5.74) is 0.952. The zero-order valence-electron chi connectivity index (χ0n) is 15.4. The van der Waals surface area contributed by atoms with E-state index in [0.717, 1.165) is 17.8 Å². The number of hydrogen-bond acceptors (Lipinski definition) is 6. The summed E-state index contributed by atoms with van der Waals surface area (Å²) in [4.78, 5) is 7.35. The van der Waals surface area contributed by atoms with Crippen molar-refractivity contribution >= 4 is 11.6 Å².